The molecule has 0 aliphatic rings. The van der Waals surface area contributed by atoms with Gasteiger partial charge in [0.05, 0.1) is 0 Å². The van der Waals surface area contributed by atoms with Crippen LogP contribution in [0.25, 0.3) is 0 Å². The summed E-state index contributed by atoms with van der Waals surface area (Å²) in [6.07, 6.45) is 0. The molecule has 0 heterocycles. The molecule has 0 aromatic carbocycles. The molecule has 0 fully saturated rings. The molecule has 0 aliphatic heterocycles. The van der Waals surface area contributed by atoms with Crippen LogP contribution >= 0.6 is 0 Å². The Morgan fingerprint density at radius 3 is 1.64 bits per heavy atom. The van der Waals surface area contributed by atoms with Crippen molar-refractivity contribution in [1.82, 2.24) is 5.73 Å². The molecular formula is C8H17N6. The number of hydrogen-bond donors (Lipinski definition) is 3. The van der Waals surface area contributed by atoms with Crippen molar-refractivity contribution >= 4 is 11.7 Å². The summed E-state index contributed by atoms with van der Waals surface area (Å²) in [5.74, 6) is -0.408. The minimum Gasteiger partial charge on any atom is -0.386 e. The van der Waals surface area contributed by atoms with Gasteiger partial charge in [0.25, 0.3) is 0 Å². The van der Waals surface area contributed by atoms with E-state index in [2.05, 4.69) is 10.2 Å². The van der Waals surface area contributed by atoms with Crippen LogP contribution in [-0.2, 0) is 0 Å². The monoisotopic (exact) mass is 197 g/mol. The lowest BCUT2D eigenvalue weighted by Gasteiger charge is -2.20. The molecule has 0 aromatic rings. The van der Waals surface area contributed by atoms with Crippen molar-refractivity contribution in [3.8, 4) is 0 Å². The predicted octanol–water partition coefficient (Wildman–Crippen LogP) is 1.19. The summed E-state index contributed by atoms with van der Waals surface area (Å²) in [4.78, 5) is 0. The number of nitrogens with zero attached hydrogens (tertiary/aromatic N) is 2. The Balaban J connectivity index is 4.76. The van der Waals surface area contributed by atoms with Crippen molar-refractivity contribution < 1.29 is 0 Å². The molecule has 6 heteroatoms. The van der Waals surface area contributed by atoms with Crippen LogP contribution in [-0.4, -0.2) is 22.7 Å². The Hall–Kier alpha value is -1.46. The van der Waals surface area contributed by atoms with Gasteiger partial charge in [-0.15, -0.1) is 0 Å². The normalized spacial score (nSPS) is 13.1. The fourth-order valence-corrected chi connectivity index (χ4v) is 0.354. The standard InChI is InChI=1S/C8H17N6/c1-7(2,5(9)10)13-14-8(3,4)6(11)12/h9-10H,1-4H3,(H3,11,12). The molecule has 5 N–H and O–H groups in total. The van der Waals surface area contributed by atoms with E-state index in [1.165, 1.54) is 0 Å². The predicted molar refractivity (Wildman–Crippen MR) is 55.8 cm³/mol. The lowest BCUT2D eigenvalue weighted by Crippen LogP contribution is -2.37. The van der Waals surface area contributed by atoms with Gasteiger partial charge in [-0.3, -0.25) is 16.6 Å². The molecule has 1 radical (unpaired) electrons. The molecule has 0 spiro atoms. The highest BCUT2D eigenvalue weighted by atomic mass is 15.2. The zero-order valence-corrected chi connectivity index (χ0v) is 8.97. The van der Waals surface area contributed by atoms with E-state index in [0.717, 1.165) is 0 Å². The second-order valence-electron chi connectivity index (χ2n) is 4.11. The molecule has 0 saturated heterocycles. The van der Waals surface area contributed by atoms with Gasteiger partial charge in [0.15, 0.2) is 0 Å². The third-order valence-corrected chi connectivity index (χ3v) is 1.82. The second-order valence-corrected chi connectivity index (χ2v) is 4.11. The van der Waals surface area contributed by atoms with Gasteiger partial charge in [-0.1, -0.05) is 0 Å². The second kappa shape index (κ2) is 3.73. The summed E-state index contributed by atoms with van der Waals surface area (Å²) < 4.78 is 0. The molecular weight excluding hydrogens is 180 g/mol. The van der Waals surface area contributed by atoms with Gasteiger partial charge in [0, 0.05) is 0 Å². The molecule has 0 atom stereocenters. The van der Waals surface area contributed by atoms with Crippen molar-refractivity contribution in [2.24, 2.45) is 16.0 Å². The van der Waals surface area contributed by atoms with E-state index < -0.39 is 11.1 Å². The van der Waals surface area contributed by atoms with Crippen molar-refractivity contribution in [2.75, 3.05) is 0 Å². The highest BCUT2D eigenvalue weighted by Crippen LogP contribution is 2.15. The van der Waals surface area contributed by atoms with E-state index in [1.807, 2.05) is 0 Å². The molecule has 0 bridgehead atoms. The van der Waals surface area contributed by atoms with Crippen molar-refractivity contribution in [3.05, 3.63) is 0 Å². The number of azo groups is 1. The van der Waals surface area contributed by atoms with Crippen LogP contribution in [0.15, 0.2) is 10.2 Å². The molecule has 0 saturated carbocycles. The Kier molecular flexibility index (Phi) is 3.34. The first-order chi connectivity index (χ1) is 6.09. The van der Waals surface area contributed by atoms with E-state index in [-0.39, 0.29) is 11.7 Å². The van der Waals surface area contributed by atoms with Gasteiger partial charge in [0.1, 0.15) is 22.7 Å². The Bertz CT molecular complexity index is 248. The topological polar surface area (TPSA) is 122 Å². The molecule has 6 nitrogen and oxygen atoms in total. The number of hydrogen-bond acceptors (Lipinski definition) is 4. The average Bonchev–Trinajstić information content (AvgIpc) is 2.01. The molecule has 0 unspecified atom stereocenters. The number of rotatable bonds is 4. The van der Waals surface area contributed by atoms with Crippen molar-refractivity contribution in [3.63, 3.8) is 0 Å². The van der Waals surface area contributed by atoms with Gasteiger partial charge in [-0.2, -0.15) is 10.2 Å². The van der Waals surface area contributed by atoms with Gasteiger partial charge >= 0.3 is 0 Å². The van der Waals surface area contributed by atoms with Gasteiger partial charge in [-0.05, 0) is 27.7 Å². The Labute approximate surface area is 83.8 Å². The summed E-state index contributed by atoms with van der Waals surface area (Å²) in [7, 11) is 0. The Morgan fingerprint density at radius 1 is 1.00 bits per heavy atom. The lowest BCUT2D eigenvalue weighted by molar-refractivity contribution is 0.556. The fraction of sp³-hybridized carbons (Fsp3) is 0.750. The summed E-state index contributed by atoms with van der Waals surface area (Å²) in [6, 6.07) is 0. The van der Waals surface area contributed by atoms with Crippen LogP contribution in [0.1, 0.15) is 27.7 Å². The van der Waals surface area contributed by atoms with Crippen LogP contribution in [0.3, 0.4) is 0 Å². The zero-order valence-electron chi connectivity index (χ0n) is 8.97. The van der Waals surface area contributed by atoms with Gasteiger partial charge in [0.2, 0.25) is 0 Å². The SMILES string of the molecule is CC(C)(N=NC(C)(C)C(=N)N)C([NH])=N. The third-order valence-electron chi connectivity index (χ3n) is 1.82. The van der Waals surface area contributed by atoms with Gasteiger partial charge in [-0.25, -0.2) is 0 Å². The Morgan fingerprint density at radius 2 is 1.36 bits per heavy atom. The zero-order chi connectivity index (χ0) is 11.6. The first kappa shape index (κ1) is 12.5. The van der Waals surface area contributed by atoms with E-state index in [1.54, 1.807) is 27.7 Å². The van der Waals surface area contributed by atoms with Crippen LogP contribution in [0.2, 0.25) is 0 Å². The number of nitrogens with one attached hydrogen (secondary N) is 3. The summed E-state index contributed by atoms with van der Waals surface area (Å²) >= 11 is 0. The third kappa shape index (κ3) is 3.12. The van der Waals surface area contributed by atoms with Crippen molar-refractivity contribution in [1.29, 1.82) is 10.8 Å². The summed E-state index contributed by atoms with van der Waals surface area (Å²) in [6.45, 7) is 6.54. The van der Waals surface area contributed by atoms with Crippen LogP contribution in [0.4, 0.5) is 0 Å². The van der Waals surface area contributed by atoms with E-state index in [0.29, 0.717) is 0 Å². The van der Waals surface area contributed by atoms with Crippen molar-refractivity contribution in [2.45, 2.75) is 38.8 Å². The van der Waals surface area contributed by atoms with Crippen LogP contribution in [0.5, 0.6) is 0 Å². The highest BCUT2D eigenvalue weighted by Gasteiger charge is 2.25. The molecule has 0 aromatic heterocycles. The first-order valence-corrected chi connectivity index (χ1v) is 4.19. The number of nitrogens with two attached hydrogens (primary N) is 1. The van der Waals surface area contributed by atoms with E-state index >= 15 is 0 Å². The molecule has 14 heavy (non-hydrogen) atoms. The highest BCUT2D eigenvalue weighted by molar-refractivity contribution is 5.87. The fourth-order valence-electron chi connectivity index (χ4n) is 0.354. The molecule has 79 valence electrons. The average molecular weight is 197 g/mol. The van der Waals surface area contributed by atoms with Crippen LogP contribution < -0.4 is 11.5 Å². The lowest BCUT2D eigenvalue weighted by atomic mass is 10.1. The largest absolute Gasteiger partial charge is 0.386 e. The first-order valence-electron chi connectivity index (χ1n) is 4.19. The smallest absolute Gasteiger partial charge is 0.142 e. The quantitative estimate of drug-likeness (QED) is 0.350. The van der Waals surface area contributed by atoms with Gasteiger partial charge < -0.3 is 5.73 Å². The maximum absolute atomic E-state index is 7.24. The van der Waals surface area contributed by atoms with E-state index in [4.69, 9.17) is 22.3 Å². The molecule has 0 aliphatic carbocycles. The minimum atomic E-state index is -0.952. The summed E-state index contributed by atoms with van der Waals surface area (Å²) in [5.41, 5.74) is 10.6. The molecule has 0 amide bonds. The summed E-state index contributed by atoms with van der Waals surface area (Å²) in [5, 5.41) is 22.1. The van der Waals surface area contributed by atoms with E-state index in [9.17, 15) is 0 Å². The molecule has 0 rings (SSSR count). The maximum Gasteiger partial charge on any atom is 0.142 e. The minimum absolute atomic E-state index is 0.0893. The maximum atomic E-state index is 7.24. The van der Waals surface area contributed by atoms with Crippen LogP contribution in [0, 0.1) is 10.8 Å². The number of amidine groups is 2.